The monoisotopic (exact) mass is 292 g/mol. The van der Waals surface area contributed by atoms with E-state index in [9.17, 15) is 14.0 Å². The molecule has 1 aliphatic heterocycles. The molecule has 114 valence electrons. The first-order valence-electron chi connectivity index (χ1n) is 7.00. The number of carbonyl (C=O) groups excluding carboxylic acids is 2. The van der Waals surface area contributed by atoms with Crippen LogP contribution in [0.1, 0.15) is 19.4 Å². The molecule has 21 heavy (non-hydrogen) atoms. The van der Waals surface area contributed by atoms with Crippen LogP contribution in [0.2, 0.25) is 0 Å². The second-order valence-electron chi connectivity index (χ2n) is 6.24. The van der Waals surface area contributed by atoms with Crippen LogP contribution in [0.4, 0.5) is 4.39 Å². The van der Waals surface area contributed by atoms with Crippen molar-refractivity contribution in [2.45, 2.75) is 19.3 Å². The van der Waals surface area contributed by atoms with Gasteiger partial charge >= 0.3 is 0 Å². The summed E-state index contributed by atoms with van der Waals surface area (Å²) in [5.74, 6) is -0.629. The molecular weight excluding hydrogens is 271 g/mol. The van der Waals surface area contributed by atoms with Gasteiger partial charge in [0, 0.05) is 32.7 Å². The van der Waals surface area contributed by atoms with Crippen molar-refractivity contribution in [2.24, 2.45) is 5.92 Å². The first-order chi connectivity index (χ1) is 9.75. The summed E-state index contributed by atoms with van der Waals surface area (Å²) in [7, 11) is 3.41. The van der Waals surface area contributed by atoms with Gasteiger partial charge in [-0.2, -0.15) is 0 Å². The Morgan fingerprint density at radius 2 is 1.81 bits per heavy atom. The highest BCUT2D eigenvalue weighted by Crippen LogP contribution is 2.31. The number of halogens is 1. The molecule has 0 unspecified atom stereocenters. The van der Waals surface area contributed by atoms with Gasteiger partial charge in [-0.25, -0.2) is 4.39 Å². The van der Waals surface area contributed by atoms with Gasteiger partial charge in [-0.15, -0.1) is 0 Å². The lowest BCUT2D eigenvalue weighted by Crippen LogP contribution is -2.59. The Hall–Kier alpha value is -1.91. The maximum Gasteiger partial charge on any atom is 0.232 e. The van der Waals surface area contributed by atoms with E-state index in [0.29, 0.717) is 18.7 Å². The Morgan fingerprint density at radius 1 is 1.24 bits per heavy atom. The Kier molecular flexibility index (Phi) is 4.03. The highest BCUT2D eigenvalue weighted by Gasteiger charge is 2.43. The summed E-state index contributed by atoms with van der Waals surface area (Å²) in [4.78, 5) is 27.5. The SMILES string of the molecule is CN(C)C(=O)C1CN(C(=O)C(C)(C)c2ccccc2F)C1. The predicted octanol–water partition coefficient (Wildman–Crippen LogP) is 1.65. The summed E-state index contributed by atoms with van der Waals surface area (Å²) in [6.45, 7) is 4.26. The number of amides is 2. The van der Waals surface area contributed by atoms with Crippen molar-refractivity contribution in [1.82, 2.24) is 9.80 Å². The Labute approximate surface area is 124 Å². The summed E-state index contributed by atoms with van der Waals surface area (Å²) < 4.78 is 13.9. The van der Waals surface area contributed by atoms with Gasteiger partial charge in [0.2, 0.25) is 11.8 Å². The third-order valence-electron chi connectivity index (χ3n) is 4.04. The molecule has 0 saturated carbocycles. The lowest BCUT2D eigenvalue weighted by molar-refractivity contribution is -0.150. The number of nitrogens with zero attached hydrogens (tertiary/aromatic N) is 2. The van der Waals surface area contributed by atoms with Gasteiger partial charge in [-0.3, -0.25) is 9.59 Å². The average Bonchev–Trinajstić information content (AvgIpc) is 2.36. The molecule has 0 bridgehead atoms. The predicted molar refractivity (Wildman–Crippen MR) is 78.2 cm³/mol. The number of hydrogen-bond acceptors (Lipinski definition) is 2. The zero-order valence-electron chi connectivity index (χ0n) is 12.9. The standard InChI is InChI=1S/C16H21FN2O2/c1-16(2,12-7-5-6-8-13(12)17)15(21)19-9-11(10-19)14(20)18(3)4/h5-8,11H,9-10H2,1-4H3. The lowest BCUT2D eigenvalue weighted by Gasteiger charge is -2.43. The molecule has 0 atom stereocenters. The van der Waals surface area contributed by atoms with Gasteiger partial charge in [0.05, 0.1) is 11.3 Å². The normalized spacial score (nSPS) is 15.6. The lowest BCUT2D eigenvalue weighted by atomic mass is 9.81. The Balaban J connectivity index is 2.08. The van der Waals surface area contributed by atoms with Crippen molar-refractivity contribution in [2.75, 3.05) is 27.2 Å². The molecule has 1 aromatic carbocycles. The fourth-order valence-corrected chi connectivity index (χ4v) is 2.64. The number of likely N-dealkylation sites (tertiary alicyclic amines) is 1. The van der Waals surface area contributed by atoms with Crippen molar-refractivity contribution in [3.05, 3.63) is 35.6 Å². The highest BCUT2D eigenvalue weighted by molar-refractivity contribution is 5.90. The fourth-order valence-electron chi connectivity index (χ4n) is 2.64. The molecule has 2 rings (SSSR count). The molecule has 2 amide bonds. The molecule has 1 saturated heterocycles. The average molecular weight is 292 g/mol. The molecule has 5 heteroatoms. The van der Waals surface area contributed by atoms with Crippen LogP contribution in [0.3, 0.4) is 0 Å². The van der Waals surface area contributed by atoms with Gasteiger partial charge < -0.3 is 9.80 Å². The van der Waals surface area contributed by atoms with E-state index < -0.39 is 5.41 Å². The molecule has 0 aliphatic carbocycles. The summed E-state index contributed by atoms with van der Waals surface area (Å²) >= 11 is 0. The zero-order valence-corrected chi connectivity index (χ0v) is 12.9. The van der Waals surface area contributed by atoms with Crippen LogP contribution in [0, 0.1) is 11.7 Å². The molecule has 1 fully saturated rings. The maximum absolute atomic E-state index is 13.9. The third-order valence-corrected chi connectivity index (χ3v) is 4.04. The number of rotatable bonds is 3. The van der Waals surface area contributed by atoms with E-state index in [1.54, 1.807) is 51.0 Å². The van der Waals surface area contributed by atoms with E-state index in [-0.39, 0.29) is 23.5 Å². The van der Waals surface area contributed by atoms with Gasteiger partial charge in [0.1, 0.15) is 5.82 Å². The van der Waals surface area contributed by atoms with Crippen molar-refractivity contribution in [1.29, 1.82) is 0 Å². The molecule has 0 radical (unpaired) electrons. The molecular formula is C16H21FN2O2. The molecule has 4 nitrogen and oxygen atoms in total. The van der Waals surface area contributed by atoms with Gasteiger partial charge in [-0.05, 0) is 19.9 Å². The number of hydrogen-bond donors (Lipinski definition) is 0. The Morgan fingerprint density at radius 3 is 2.33 bits per heavy atom. The van der Waals surface area contributed by atoms with Crippen molar-refractivity contribution >= 4 is 11.8 Å². The van der Waals surface area contributed by atoms with E-state index in [1.807, 2.05) is 0 Å². The fraction of sp³-hybridized carbons (Fsp3) is 0.500. The van der Waals surface area contributed by atoms with Crippen LogP contribution in [-0.4, -0.2) is 48.8 Å². The number of benzene rings is 1. The quantitative estimate of drug-likeness (QED) is 0.850. The van der Waals surface area contributed by atoms with Crippen LogP contribution < -0.4 is 0 Å². The van der Waals surface area contributed by atoms with E-state index in [1.165, 1.54) is 11.0 Å². The van der Waals surface area contributed by atoms with Crippen LogP contribution in [0.15, 0.2) is 24.3 Å². The minimum Gasteiger partial charge on any atom is -0.348 e. The minimum absolute atomic E-state index is 0.0303. The summed E-state index contributed by atoms with van der Waals surface area (Å²) in [5, 5.41) is 0. The van der Waals surface area contributed by atoms with E-state index >= 15 is 0 Å². The molecule has 0 aromatic heterocycles. The first kappa shape index (κ1) is 15.5. The van der Waals surface area contributed by atoms with E-state index in [2.05, 4.69) is 0 Å². The second kappa shape index (κ2) is 5.47. The minimum atomic E-state index is -0.933. The van der Waals surface area contributed by atoms with Gasteiger partial charge in [0.25, 0.3) is 0 Å². The van der Waals surface area contributed by atoms with Crippen LogP contribution in [0.5, 0.6) is 0 Å². The van der Waals surface area contributed by atoms with Gasteiger partial charge in [-0.1, -0.05) is 18.2 Å². The van der Waals surface area contributed by atoms with Crippen molar-refractivity contribution in [3.8, 4) is 0 Å². The summed E-state index contributed by atoms with van der Waals surface area (Å²) in [6, 6.07) is 6.32. The highest BCUT2D eigenvalue weighted by atomic mass is 19.1. The van der Waals surface area contributed by atoms with Gasteiger partial charge in [0.15, 0.2) is 0 Å². The first-order valence-corrected chi connectivity index (χ1v) is 7.00. The number of carbonyl (C=O) groups is 2. The molecule has 1 aromatic rings. The van der Waals surface area contributed by atoms with Crippen LogP contribution >= 0.6 is 0 Å². The summed E-state index contributed by atoms with van der Waals surface area (Å²) in [6.07, 6.45) is 0. The Bertz CT molecular complexity index is 563. The summed E-state index contributed by atoms with van der Waals surface area (Å²) in [5.41, 5.74) is -0.547. The van der Waals surface area contributed by atoms with E-state index in [4.69, 9.17) is 0 Å². The third kappa shape index (κ3) is 2.77. The topological polar surface area (TPSA) is 40.6 Å². The van der Waals surface area contributed by atoms with Crippen molar-refractivity contribution in [3.63, 3.8) is 0 Å². The largest absolute Gasteiger partial charge is 0.348 e. The van der Waals surface area contributed by atoms with Crippen LogP contribution in [0.25, 0.3) is 0 Å². The van der Waals surface area contributed by atoms with E-state index in [0.717, 1.165) is 0 Å². The van der Waals surface area contributed by atoms with Crippen LogP contribution in [-0.2, 0) is 15.0 Å². The molecule has 1 heterocycles. The maximum atomic E-state index is 13.9. The smallest absolute Gasteiger partial charge is 0.232 e. The van der Waals surface area contributed by atoms with Crippen molar-refractivity contribution < 1.29 is 14.0 Å². The zero-order chi connectivity index (χ0) is 15.8. The second-order valence-corrected chi connectivity index (χ2v) is 6.24. The molecule has 1 aliphatic rings. The molecule has 0 spiro atoms. The molecule has 0 N–H and O–H groups in total.